The van der Waals surface area contributed by atoms with E-state index in [1.165, 1.54) is 12.4 Å². The highest BCUT2D eigenvalue weighted by atomic mass is 32.1. The van der Waals surface area contributed by atoms with Crippen molar-refractivity contribution in [1.82, 2.24) is 4.98 Å². The Morgan fingerprint density at radius 2 is 2.58 bits per heavy atom. The molecule has 0 saturated heterocycles. The molecule has 1 heterocycles. The van der Waals surface area contributed by atoms with E-state index in [-0.39, 0.29) is 5.69 Å². The van der Waals surface area contributed by atoms with Crippen molar-refractivity contribution in [1.29, 1.82) is 5.26 Å². The van der Waals surface area contributed by atoms with Gasteiger partial charge in [0.15, 0.2) is 10.8 Å². The first kappa shape index (κ1) is 8.49. The highest BCUT2D eigenvalue weighted by Crippen LogP contribution is 2.18. The number of carboxylic acid groups (broad SMARTS) is 1. The summed E-state index contributed by atoms with van der Waals surface area (Å²) in [5.41, 5.74) is 0.239. The van der Waals surface area contributed by atoms with Gasteiger partial charge in [0.2, 0.25) is 0 Å². The van der Waals surface area contributed by atoms with Crippen molar-refractivity contribution < 1.29 is 9.90 Å². The van der Waals surface area contributed by atoms with Crippen molar-refractivity contribution in [2.75, 3.05) is 11.9 Å². The van der Waals surface area contributed by atoms with E-state index >= 15 is 0 Å². The molecular formula is C6H5N3O2S. The van der Waals surface area contributed by atoms with E-state index < -0.39 is 6.09 Å². The van der Waals surface area contributed by atoms with Gasteiger partial charge in [0.25, 0.3) is 0 Å². The van der Waals surface area contributed by atoms with Gasteiger partial charge in [-0.05, 0) is 0 Å². The standard InChI is InChI=1S/C6H5N3O2S/c1-9(6(10)11)5-8-4(2-7)3-12-5/h3H,1H3,(H,10,11). The van der Waals surface area contributed by atoms with Gasteiger partial charge in [0.1, 0.15) is 6.07 Å². The number of anilines is 1. The van der Waals surface area contributed by atoms with Crippen LogP contribution in [0.1, 0.15) is 5.69 Å². The molecule has 1 aromatic heterocycles. The van der Waals surface area contributed by atoms with Gasteiger partial charge in [0, 0.05) is 12.4 Å². The Morgan fingerprint density at radius 1 is 1.92 bits per heavy atom. The lowest BCUT2D eigenvalue weighted by Gasteiger charge is -2.06. The summed E-state index contributed by atoms with van der Waals surface area (Å²) in [5.74, 6) is 0. The third-order valence-electron chi connectivity index (χ3n) is 1.18. The first-order valence-electron chi connectivity index (χ1n) is 2.97. The molecule has 1 amide bonds. The number of nitriles is 1. The first-order valence-corrected chi connectivity index (χ1v) is 3.85. The van der Waals surface area contributed by atoms with Crippen LogP contribution in [0.4, 0.5) is 9.93 Å². The number of aromatic nitrogens is 1. The first-order chi connectivity index (χ1) is 5.65. The van der Waals surface area contributed by atoms with Gasteiger partial charge in [0.05, 0.1) is 0 Å². The molecule has 0 aliphatic heterocycles. The van der Waals surface area contributed by atoms with Crippen molar-refractivity contribution in [3.8, 4) is 6.07 Å². The maximum Gasteiger partial charge on any atom is 0.413 e. The van der Waals surface area contributed by atoms with E-state index in [2.05, 4.69) is 4.98 Å². The molecule has 0 aliphatic rings. The van der Waals surface area contributed by atoms with Crippen molar-refractivity contribution in [2.45, 2.75) is 0 Å². The van der Waals surface area contributed by atoms with Gasteiger partial charge in [-0.1, -0.05) is 0 Å². The highest BCUT2D eigenvalue weighted by Gasteiger charge is 2.11. The van der Waals surface area contributed by atoms with Gasteiger partial charge in [-0.2, -0.15) is 5.26 Å². The van der Waals surface area contributed by atoms with Crippen LogP contribution in [0.5, 0.6) is 0 Å². The maximum absolute atomic E-state index is 10.4. The van der Waals surface area contributed by atoms with E-state index in [0.717, 1.165) is 16.2 Å². The second kappa shape index (κ2) is 3.19. The fourth-order valence-corrected chi connectivity index (χ4v) is 1.26. The molecule has 5 nitrogen and oxygen atoms in total. The fraction of sp³-hybridized carbons (Fsp3) is 0.167. The summed E-state index contributed by atoms with van der Waals surface area (Å²) in [7, 11) is 1.38. The number of carbonyl (C=O) groups is 1. The van der Waals surface area contributed by atoms with Crippen LogP contribution in [0.2, 0.25) is 0 Å². The van der Waals surface area contributed by atoms with Gasteiger partial charge >= 0.3 is 6.09 Å². The molecule has 6 heteroatoms. The molecule has 0 unspecified atom stereocenters. The molecule has 62 valence electrons. The van der Waals surface area contributed by atoms with Crippen LogP contribution in [0.3, 0.4) is 0 Å². The molecule has 0 aromatic carbocycles. The Bertz CT molecular complexity index is 341. The third-order valence-corrected chi connectivity index (χ3v) is 2.10. The minimum atomic E-state index is -1.09. The molecule has 12 heavy (non-hydrogen) atoms. The average molecular weight is 183 g/mol. The molecular weight excluding hydrogens is 178 g/mol. The Morgan fingerprint density at radius 3 is 3.00 bits per heavy atom. The quantitative estimate of drug-likeness (QED) is 0.707. The van der Waals surface area contributed by atoms with Crippen LogP contribution in [-0.4, -0.2) is 23.2 Å². The molecule has 1 N–H and O–H groups in total. The summed E-state index contributed by atoms with van der Waals surface area (Å²) in [6, 6.07) is 1.82. The van der Waals surface area contributed by atoms with Crippen molar-refractivity contribution >= 4 is 22.6 Å². The van der Waals surface area contributed by atoms with Gasteiger partial charge < -0.3 is 5.11 Å². The van der Waals surface area contributed by atoms with Crippen LogP contribution in [-0.2, 0) is 0 Å². The van der Waals surface area contributed by atoms with E-state index in [1.54, 1.807) is 0 Å². The zero-order valence-corrected chi connectivity index (χ0v) is 7.00. The average Bonchev–Trinajstić information content (AvgIpc) is 2.50. The molecule has 0 bridgehead atoms. The SMILES string of the molecule is CN(C(=O)O)c1nc(C#N)cs1. The highest BCUT2D eigenvalue weighted by molar-refractivity contribution is 7.14. The minimum Gasteiger partial charge on any atom is -0.465 e. The molecule has 0 spiro atoms. The number of rotatable bonds is 1. The maximum atomic E-state index is 10.4. The normalized spacial score (nSPS) is 9.00. The van der Waals surface area contributed by atoms with Crippen LogP contribution >= 0.6 is 11.3 Å². The van der Waals surface area contributed by atoms with E-state index in [1.807, 2.05) is 6.07 Å². The minimum absolute atomic E-state index is 0.239. The fourth-order valence-electron chi connectivity index (χ4n) is 0.551. The lowest BCUT2D eigenvalue weighted by atomic mass is 10.6. The van der Waals surface area contributed by atoms with Crippen molar-refractivity contribution in [3.63, 3.8) is 0 Å². The summed E-state index contributed by atoms with van der Waals surface area (Å²) in [5, 5.41) is 18.7. The number of amides is 1. The Labute approximate surface area is 72.5 Å². The lowest BCUT2D eigenvalue weighted by molar-refractivity contribution is 0.203. The van der Waals surface area contributed by atoms with Crippen LogP contribution in [0, 0.1) is 11.3 Å². The number of thiazole rings is 1. The summed E-state index contributed by atoms with van der Waals surface area (Å²) >= 11 is 1.12. The topological polar surface area (TPSA) is 77.2 Å². The smallest absolute Gasteiger partial charge is 0.413 e. The zero-order valence-electron chi connectivity index (χ0n) is 6.18. The second-order valence-corrected chi connectivity index (χ2v) is 2.81. The number of hydrogen-bond acceptors (Lipinski definition) is 4. The predicted molar refractivity (Wildman–Crippen MR) is 43.3 cm³/mol. The molecule has 0 saturated carbocycles. The van der Waals surface area contributed by atoms with Gasteiger partial charge in [-0.25, -0.2) is 9.78 Å². The summed E-state index contributed by atoms with van der Waals surface area (Å²) in [6.45, 7) is 0. The van der Waals surface area contributed by atoms with Crippen LogP contribution < -0.4 is 4.90 Å². The third kappa shape index (κ3) is 1.52. The van der Waals surface area contributed by atoms with Crippen molar-refractivity contribution in [3.05, 3.63) is 11.1 Å². The number of nitrogens with zero attached hydrogens (tertiary/aromatic N) is 3. The molecule has 1 aromatic rings. The van der Waals surface area contributed by atoms with E-state index in [9.17, 15) is 4.79 Å². The van der Waals surface area contributed by atoms with Crippen LogP contribution in [0.15, 0.2) is 5.38 Å². The summed E-state index contributed by atoms with van der Waals surface area (Å²) in [6.07, 6.45) is -1.09. The number of hydrogen-bond donors (Lipinski definition) is 1. The molecule has 0 atom stereocenters. The summed E-state index contributed by atoms with van der Waals surface area (Å²) < 4.78 is 0. The van der Waals surface area contributed by atoms with E-state index in [4.69, 9.17) is 10.4 Å². The lowest BCUT2D eigenvalue weighted by Crippen LogP contribution is -2.23. The molecule has 0 aliphatic carbocycles. The molecule has 0 radical (unpaired) electrons. The van der Waals surface area contributed by atoms with Crippen LogP contribution in [0.25, 0.3) is 0 Å². The Hall–Kier alpha value is -1.61. The predicted octanol–water partition coefficient (Wildman–Crippen LogP) is 1.13. The Kier molecular flexibility index (Phi) is 2.26. The second-order valence-electron chi connectivity index (χ2n) is 1.97. The Balaban J connectivity index is 2.90. The molecule has 1 rings (SSSR count). The summed E-state index contributed by atoms with van der Waals surface area (Å²) in [4.78, 5) is 15.1. The van der Waals surface area contributed by atoms with E-state index in [0.29, 0.717) is 5.13 Å². The largest absolute Gasteiger partial charge is 0.465 e. The molecule has 0 fully saturated rings. The van der Waals surface area contributed by atoms with Gasteiger partial charge in [-0.15, -0.1) is 11.3 Å². The van der Waals surface area contributed by atoms with Gasteiger partial charge in [-0.3, -0.25) is 4.90 Å². The monoisotopic (exact) mass is 183 g/mol. The zero-order chi connectivity index (χ0) is 9.14. The van der Waals surface area contributed by atoms with Crippen molar-refractivity contribution in [2.24, 2.45) is 0 Å².